The number of carbonyl (C=O) groups excluding carboxylic acids is 1. The molecule has 1 fully saturated rings. The second-order valence-corrected chi connectivity index (χ2v) is 16.0. The second-order valence-electron chi connectivity index (χ2n) is 14.0. The molecule has 15 heteroatoms. The van der Waals surface area contributed by atoms with Crippen molar-refractivity contribution in [1.82, 2.24) is 24.6 Å². The van der Waals surface area contributed by atoms with E-state index in [2.05, 4.69) is 11.4 Å². The van der Waals surface area contributed by atoms with Gasteiger partial charge in [0.1, 0.15) is 22.7 Å². The predicted molar refractivity (Wildman–Crippen MR) is 204 cm³/mol. The molecule has 0 saturated carbocycles. The number of fused-ring (bicyclic) bond motifs is 6. The summed E-state index contributed by atoms with van der Waals surface area (Å²) in [5.41, 5.74) is 5.97. The van der Waals surface area contributed by atoms with Crippen LogP contribution in [0.4, 0.5) is 18.9 Å². The molecule has 3 aromatic carbocycles. The van der Waals surface area contributed by atoms with Gasteiger partial charge in [-0.1, -0.05) is 35.9 Å². The van der Waals surface area contributed by atoms with E-state index in [1.165, 1.54) is 14.1 Å². The van der Waals surface area contributed by atoms with Gasteiger partial charge in [0.15, 0.2) is 0 Å². The fraction of sp³-hybridized carbons (Fsp3) is 0.250. The Hall–Kier alpha value is -5.98. The number of rotatable bonds is 8. The van der Waals surface area contributed by atoms with Crippen LogP contribution in [0.3, 0.4) is 0 Å². The van der Waals surface area contributed by atoms with Gasteiger partial charge in [0.05, 0.1) is 57.9 Å². The number of amides is 1. The van der Waals surface area contributed by atoms with Gasteiger partial charge in [-0.2, -0.15) is 18.4 Å². The first-order valence-corrected chi connectivity index (χ1v) is 19.3. The fourth-order valence-corrected chi connectivity index (χ4v) is 7.96. The van der Waals surface area contributed by atoms with Crippen LogP contribution < -0.4 is 9.62 Å². The van der Waals surface area contributed by atoms with Gasteiger partial charge in [0, 0.05) is 61.6 Å². The standard InChI is InChI=1S/C40H34F3N7O4S/c1-22-8-10-24(11-9-22)38-36(39(51)45-2)28-14-27(32(16-34(28)54-38)48(3)55(4,52)53)29-12-13-30-37(47-29)33-15-26-25(18-44)6-5-7-31(26)50(33)35(46-30)21-49-19-23(20-49)17-40(41,42)43/h5-16,23H,17,19-21H2,1-4H3,(H,45,51). The summed E-state index contributed by atoms with van der Waals surface area (Å²) < 4.78 is 74.6. The number of pyridine rings is 1. The van der Waals surface area contributed by atoms with Crippen LogP contribution in [0.25, 0.3) is 61.0 Å². The summed E-state index contributed by atoms with van der Waals surface area (Å²) in [4.78, 5) is 25.4. The number of nitriles is 1. The lowest BCUT2D eigenvalue weighted by atomic mass is 9.96. The van der Waals surface area contributed by atoms with Crippen LogP contribution >= 0.6 is 0 Å². The molecule has 1 amide bonds. The third-order valence-electron chi connectivity index (χ3n) is 10.2. The van der Waals surface area contributed by atoms with E-state index >= 15 is 0 Å². The first-order valence-electron chi connectivity index (χ1n) is 17.4. The monoisotopic (exact) mass is 765 g/mol. The van der Waals surface area contributed by atoms with Crippen LogP contribution in [0.1, 0.15) is 33.7 Å². The molecule has 1 N–H and O–H groups in total. The van der Waals surface area contributed by atoms with Crippen molar-refractivity contribution in [2.45, 2.75) is 26.1 Å². The Balaban J connectivity index is 1.34. The van der Waals surface area contributed by atoms with Crippen molar-refractivity contribution in [3.63, 3.8) is 0 Å². The highest BCUT2D eigenvalue weighted by atomic mass is 32.2. The van der Waals surface area contributed by atoms with Crippen molar-refractivity contribution in [2.24, 2.45) is 5.92 Å². The molecule has 0 aliphatic carbocycles. The Morgan fingerprint density at radius 1 is 1.04 bits per heavy atom. The summed E-state index contributed by atoms with van der Waals surface area (Å²) in [5, 5.41) is 13.8. The number of carbonyl (C=O) groups is 1. The average molecular weight is 766 g/mol. The summed E-state index contributed by atoms with van der Waals surface area (Å²) in [7, 11) is -0.851. The number of aryl methyl sites for hydroxylation is 1. The number of likely N-dealkylation sites (tertiary alicyclic amines) is 1. The van der Waals surface area contributed by atoms with Crippen LogP contribution in [0.2, 0.25) is 0 Å². The van der Waals surface area contributed by atoms with Gasteiger partial charge >= 0.3 is 6.18 Å². The van der Waals surface area contributed by atoms with Gasteiger partial charge in [-0.3, -0.25) is 18.4 Å². The molecule has 0 spiro atoms. The minimum Gasteiger partial charge on any atom is -0.455 e. The zero-order valence-corrected chi connectivity index (χ0v) is 31.0. The van der Waals surface area contributed by atoms with Gasteiger partial charge in [0.25, 0.3) is 5.91 Å². The van der Waals surface area contributed by atoms with Crippen molar-refractivity contribution in [3.8, 4) is 28.7 Å². The van der Waals surface area contributed by atoms with Gasteiger partial charge < -0.3 is 9.73 Å². The van der Waals surface area contributed by atoms with E-state index in [0.29, 0.717) is 72.4 Å². The highest BCUT2D eigenvalue weighted by Crippen LogP contribution is 2.42. The van der Waals surface area contributed by atoms with Crippen molar-refractivity contribution in [1.29, 1.82) is 5.26 Å². The van der Waals surface area contributed by atoms with E-state index in [1.54, 1.807) is 36.4 Å². The van der Waals surface area contributed by atoms with E-state index in [1.807, 2.05) is 52.6 Å². The summed E-state index contributed by atoms with van der Waals surface area (Å²) >= 11 is 0. The average Bonchev–Trinajstić information content (AvgIpc) is 3.71. The highest BCUT2D eigenvalue weighted by molar-refractivity contribution is 7.92. The lowest BCUT2D eigenvalue weighted by Crippen LogP contribution is -2.47. The Morgan fingerprint density at radius 2 is 1.78 bits per heavy atom. The van der Waals surface area contributed by atoms with Crippen LogP contribution in [0.15, 0.2) is 77.2 Å². The maximum atomic E-state index is 13.5. The third-order valence-corrected chi connectivity index (χ3v) is 11.4. The third kappa shape index (κ3) is 6.40. The van der Waals surface area contributed by atoms with E-state index in [9.17, 15) is 31.6 Å². The molecule has 8 rings (SSSR count). The normalized spacial score (nSPS) is 14.1. The molecule has 1 saturated heterocycles. The van der Waals surface area contributed by atoms with Crippen LogP contribution in [0, 0.1) is 24.2 Å². The largest absolute Gasteiger partial charge is 0.455 e. The van der Waals surface area contributed by atoms with Gasteiger partial charge in [-0.25, -0.2) is 18.4 Å². The minimum absolute atomic E-state index is 0.258. The van der Waals surface area contributed by atoms with Crippen molar-refractivity contribution < 1.29 is 30.8 Å². The Bertz CT molecular complexity index is 2850. The molecule has 1 aliphatic heterocycles. The predicted octanol–water partition coefficient (Wildman–Crippen LogP) is 7.44. The molecule has 280 valence electrons. The van der Waals surface area contributed by atoms with E-state index in [-0.39, 0.29) is 30.9 Å². The van der Waals surface area contributed by atoms with Crippen molar-refractivity contribution in [2.75, 3.05) is 37.7 Å². The number of halogens is 3. The van der Waals surface area contributed by atoms with Crippen LogP contribution in [-0.4, -0.2) is 73.2 Å². The number of nitrogens with zero attached hydrogens (tertiary/aromatic N) is 6. The van der Waals surface area contributed by atoms with Gasteiger partial charge in [-0.05, 0) is 49.2 Å². The van der Waals surface area contributed by atoms with E-state index in [4.69, 9.17) is 14.4 Å². The molecule has 0 bridgehead atoms. The summed E-state index contributed by atoms with van der Waals surface area (Å²) in [6.07, 6.45) is -3.99. The quantitative estimate of drug-likeness (QED) is 0.169. The van der Waals surface area contributed by atoms with E-state index in [0.717, 1.165) is 16.1 Å². The Labute approximate surface area is 313 Å². The second kappa shape index (κ2) is 13.1. The summed E-state index contributed by atoms with van der Waals surface area (Å²) in [6.45, 7) is 2.77. The number of aromatic nitrogens is 3. The zero-order chi connectivity index (χ0) is 39.0. The number of hydrogen-bond acceptors (Lipinski definition) is 8. The molecular weight excluding hydrogens is 732 g/mol. The summed E-state index contributed by atoms with van der Waals surface area (Å²) in [5.74, 6) is 0.0122. The number of hydrogen-bond donors (Lipinski definition) is 1. The molecule has 5 heterocycles. The summed E-state index contributed by atoms with van der Waals surface area (Å²) in [6, 6.07) is 23.7. The number of furan rings is 1. The Kier molecular flexibility index (Phi) is 8.58. The topological polar surface area (TPSA) is 137 Å². The minimum atomic E-state index is -4.23. The SMILES string of the molecule is CNC(=O)c1c(-c2ccc(C)cc2)oc2cc(N(C)S(C)(=O)=O)c(-c3ccc4nc(CN5CC(CC(F)(F)F)C5)n5c6cccc(C#N)c6cc5c4n3)cc12. The zero-order valence-electron chi connectivity index (χ0n) is 30.2. The lowest BCUT2D eigenvalue weighted by molar-refractivity contribution is -0.156. The smallest absolute Gasteiger partial charge is 0.389 e. The maximum absolute atomic E-state index is 13.5. The Morgan fingerprint density at radius 3 is 2.45 bits per heavy atom. The fourth-order valence-electron chi connectivity index (χ4n) is 7.45. The molecule has 0 unspecified atom stereocenters. The first-order chi connectivity index (χ1) is 26.1. The molecule has 11 nitrogen and oxygen atoms in total. The maximum Gasteiger partial charge on any atom is 0.389 e. The van der Waals surface area contributed by atoms with Gasteiger partial charge in [-0.15, -0.1) is 0 Å². The van der Waals surface area contributed by atoms with Crippen LogP contribution in [-0.2, 0) is 16.6 Å². The number of sulfonamides is 1. The number of benzene rings is 3. The lowest BCUT2D eigenvalue weighted by Gasteiger charge is -2.39. The van der Waals surface area contributed by atoms with Crippen molar-refractivity contribution in [3.05, 3.63) is 95.3 Å². The first kappa shape index (κ1) is 36.0. The molecule has 4 aromatic heterocycles. The molecule has 1 aliphatic rings. The molecule has 0 atom stereocenters. The van der Waals surface area contributed by atoms with E-state index < -0.39 is 34.4 Å². The molecule has 0 radical (unpaired) electrons. The van der Waals surface area contributed by atoms with Crippen LogP contribution in [0.5, 0.6) is 0 Å². The number of nitrogens with one attached hydrogen (secondary N) is 1. The highest BCUT2D eigenvalue weighted by Gasteiger charge is 2.38. The molecule has 55 heavy (non-hydrogen) atoms. The van der Waals surface area contributed by atoms with Crippen molar-refractivity contribution >= 4 is 60.0 Å². The van der Waals surface area contributed by atoms with Gasteiger partial charge in [0.2, 0.25) is 10.0 Å². The molecule has 7 aromatic rings. The number of alkyl halides is 3. The number of anilines is 1. The molecular formula is C40H34F3N7O4S.